The topological polar surface area (TPSA) is 12.9 Å². The zero-order chi connectivity index (χ0) is 11.1. The van der Waals surface area contributed by atoms with Crippen molar-refractivity contribution in [3.05, 3.63) is 34.2 Å². The average molecular weight is 213 g/mol. The lowest BCUT2D eigenvalue weighted by Crippen LogP contribution is -2.08. The summed E-state index contributed by atoms with van der Waals surface area (Å²) in [5.74, 6) is 0.673. The van der Waals surface area contributed by atoms with Gasteiger partial charge in [-0.05, 0) is 54.7 Å². The molecule has 1 nitrogen and oxygen atoms in total. The van der Waals surface area contributed by atoms with E-state index in [1.54, 1.807) is 11.1 Å². The van der Waals surface area contributed by atoms with Crippen LogP contribution in [0.15, 0.2) is 11.8 Å². The molecule has 1 aromatic heterocycles. The molecule has 0 aromatic carbocycles. The molecule has 2 aliphatic carbocycles. The summed E-state index contributed by atoms with van der Waals surface area (Å²) < 4.78 is 0. The van der Waals surface area contributed by atoms with Crippen LogP contribution in [-0.2, 0) is 19.3 Å². The highest BCUT2D eigenvalue weighted by molar-refractivity contribution is 5.67. The second kappa shape index (κ2) is 3.73. The second-order valence-electron chi connectivity index (χ2n) is 5.38. The molecular formula is C15H19N. The summed E-state index contributed by atoms with van der Waals surface area (Å²) in [5, 5.41) is 0. The standard InChI is InChI=1S/C15H19N/c1-10(2)11-7-12-9-16-15-6-4-3-5-13(15)14(12)8-11/h8-10H,3-7H2,1-2H3. The maximum Gasteiger partial charge on any atom is 0.0441 e. The van der Waals surface area contributed by atoms with Gasteiger partial charge >= 0.3 is 0 Å². The third-order valence-electron chi connectivity index (χ3n) is 3.95. The van der Waals surface area contributed by atoms with Crippen LogP contribution < -0.4 is 0 Å². The van der Waals surface area contributed by atoms with Crippen LogP contribution in [0.4, 0.5) is 0 Å². The van der Waals surface area contributed by atoms with Crippen molar-refractivity contribution < 1.29 is 0 Å². The summed E-state index contributed by atoms with van der Waals surface area (Å²) in [6.45, 7) is 4.58. The molecule has 0 fully saturated rings. The second-order valence-corrected chi connectivity index (χ2v) is 5.38. The number of pyridine rings is 1. The molecule has 0 atom stereocenters. The van der Waals surface area contributed by atoms with Gasteiger partial charge in [-0.2, -0.15) is 0 Å². The highest BCUT2D eigenvalue weighted by atomic mass is 14.7. The number of hydrogen-bond donors (Lipinski definition) is 0. The van der Waals surface area contributed by atoms with Gasteiger partial charge in [0.1, 0.15) is 0 Å². The summed E-state index contributed by atoms with van der Waals surface area (Å²) in [4.78, 5) is 4.65. The highest BCUT2D eigenvalue weighted by Gasteiger charge is 2.22. The molecule has 1 heteroatoms. The normalized spacial score (nSPS) is 18.3. The Morgan fingerprint density at radius 1 is 1.19 bits per heavy atom. The van der Waals surface area contributed by atoms with Gasteiger partial charge in [-0.1, -0.05) is 25.5 Å². The average Bonchev–Trinajstić information content (AvgIpc) is 2.73. The van der Waals surface area contributed by atoms with Crippen LogP contribution in [0.25, 0.3) is 6.08 Å². The molecule has 0 amide bonds. The highest BCUT2D eigenvalue weighted by Crippen LogP contribution is 2.34. The minimum absolute atomic E-state index is 0.673. The fraction of sp³-hybridized carbons (Fsp3) is 0.533. The van der Waals surface area contributed by atoms with Crippen molar-refractivity contribution in [3.8, 4) is 0 Å². The van der Waals surface area contributed by atoms with Crippen LogP contribution in [0.5, 0.6) is 0 Å². The Morgan fingerprint density at radius 3 is 2.81 bits per heavy atom. The number of fused-ring (bicyclic) bond motifs is 3. The minimum atomic E-state index is 0.673. The van der Waals surface area contributed by atoms with Crippen LogP contribution in [-0.4, -0.2) is 4.98 Å². The van der Waals surface area contributed by atoms with Crippen molar-refractivity contribution >= 4 is 6.08 Å². The van der Waals surface area contributed by atoms with Crippen LogP contribution in [0.1, 0.15) is 49.1 Å². The first-order valence-electron chi connectivity index (χ1n) is 6.46. The fourth-order valence-corrected chi connectivity index (χ4v) is 2.89. The van der Waals surface area contributed by atoms with Crippen LogP contribution >= 0.6 is 0 Å². The van der Waals surface area contributed by atoms with E-state index >= 15 is 0 Å². The van der Waals surface area contributed by atoms with Gasteiger partial charge in [0.15, 0.2) is 0 Å². The Balaban J connectivity index is 2.08. The Hall–Kier alpha value is -1.11. The maximum absolute atomic E-state index is 4.65. The number of aryl methyl sites for hydroxylation is 1. The third kappa shape index (κ3) is 1.50. The molecule has 0 aliphatic heterocycles. The van der Waals surface area contributed by atoms with E-state index in [-0.39, 0.29) is 0 Å². The van der Waals surface area contributed by atoms with Gasteiger partial charge in [0.25, 0.3) is 0 Å². The molecule has 1 heterocycles. The van der Waals surface area contributed by atoms with E-state index in [0.717, 1.165) is 6.42 Å². The Labute approximate surface area is 97.6 Å². The summed E-state index contributed by atoms with van der Waals surface area (Å²) in [6.07, 6.45) is 10.8. The van der Waals surface area contributed by atoms with Crippen molar-refractivity contribution in [3.63, 3.8) is 0 Å². The first kappa shape index (κ1) is 10.1. The largest absolute Gasteiger partial charge is 0.261 e. The lowest BCUT2D eigenvalue weighted by molar-refractivity contribution is 0.665. The Kier molecular flexibility index (Phi) is 2.34. The van der Waals surface area contributed by atoms with E-state index in [9.17, 15) is 0 Å². The summed E-state index contributed by atoms with van der Waals surface area (Å²) in [6, 6.07) is 0. The summed E-state index contributed by atoms with van der Waals surface area (Å²) >= 11 is 0. The molecule has 0 spiro atoms. The van der Waals surface area contributed by atoms with E-state index < -0.39 is 0 Å². The first-order valence-corrected chi connectivity index (χ1v) is 6.46. The Bertz CT molecular complexity index is 455. The number of allylic oxidation sites excluding steroid dienone is 1. The molecule has 0 radical (unpaired) electrons. The molecule has 0 bridgehead atoms. The zero-order valence-corrected chi connectivity index (χ0v) is 10.2. The van der Waals surface area contributed by atoms with Crippen molar-refractivity contribution in [2.24, 2.45) is 5.92 Å². The summed E-state index contributed by atoms with van der Waals surface area (Å²) in [7, 11) is 0. The van der Waals surface area contributed by atoms with Gasteiger partial charge < -0.3 is 0 Å². The van der Waals surface area contributed by atoms with Crippen molar-refractivity contribution in [2.75, 3.05) is 0 Å². The fourth-order valence-electron chi connectivity index (χ4n) is 2.89. The monoisotopic (exact) mass is 213 g/mol. The van der Waals surface area contributed by atoms with Crippen LogP contribution in [0, 0.1) is 5.92 Å². The lowest BCUT2D eigenvalue weighted by atomic mass is 9.91. The Morgan fingerprint density at radius 2 is 2.00 bits per heavy atom. The van der Waals surface area contributed by atoms with E-state index in [4.69, 9.17) is 0 Å². The number of nitrogens with zero attached hydrogens (tertiary/aromatic N) is 1. The molecule has 2 aliphatic rings. The maximum atomic E-state index is 4.65. The van der Waals surface area contributed by atoms with E-state index in [1.807, 2.05) is 0 Å². The third-order valence-corrected chi connectivity index (χ3v) is 3.95. The van der Waals surface area contributed by atoms with Gasteiger partial charge in [-0.3, -0.25) is 4.98 Å². The van der Waals surface area contributed by atoms with Gasteiger partial charge in [-0.15, -0.1) is 0 Å². The molecule has 1 aromatic rings. The van der Waals surface area contributed by atoms with E-state index in [2.05, 4.69) is 31.1 Å². The van der Waals surface area contributed by atoms with Crippen molar-refractivity contribution in [1.29, 1.82) is 0 Å². The van der Waals surface area contributed by atoms with Gasteiger partial charge in [0, 0.05) is 11.9 Å². The molecule has 0 unspecified atom stereocenters. The van der Waals surface area contributed by atoms with Crippen LogP contribution in [0.3, 0.4) is 0 Å². The quantitative estimate of drug-likeness (QED) is 0.695. The molecular weight excluding hydrogens is 194 g/mol. The van der Waals surface area contributed by atoms with Gasteiger partial charge in [-0.25, -0.2) is 0 Å². The first-order chi connectivity index (χ1) is 7.75. The summed E-state index contributed by atoms with van der Waals surface area (Å²) in [5.41, 5.74) is 7.49. The number of rotatable bonds is 1. The SMILES string of the molecule is CC(C)C1=Cc2c(cnc3c2CCCC3)C1. The van der Waals surface area contributed by atoms with Crippen molar-refractivity contribution in [1.82, 2.24) is 4.98 Å². The number of hydrogen-bond acceptors (Lipinski definition) is 1. The molecule has 3 rings (SSSR count). The molecule has 16 heavy (non-hydrogen) atoms. The molecule has 0 saturated heterocycles. The van der Waals surface area contributed by atoms with Crippen molar-refractivity contribution in [2.45, 2.75) is 46.0 Å². The molecule has 0 N–H and O–H groups in total. The van der Waals surface area contributed by atoms with E-state index in [1.165, 1.54) is 42.5 Å². The van der Waals surface area contributed by atoms with E-state index in [0.29, 0.717) is 5.92 Å². The van der Waals surface area contributed by atoms with Crippen LogP contribution in [0.2, 0.25) is 0 Å². The molecule has 84 valence electrons. The van der Waals surface area contributed by atoms with Gasteiger partial charge in [0.2, 0.25) is 0 Å². The predicted molar refractivity (Wildman–Crippen MR) is 67.4 cm³/mol. The minimum Gasteiger partial charge on any atom is -0.261 e. The molecule has 0 saturated carbocycles. The smallest absolute Gasteiger partial charge is 0.0441 e. The lowest BCUT2D eigenvalue weighted by Gasteiger charge is -2.17. The van der Waals surface area contributed by atoms with Gasteiger partial charge in [0.05, 0.1) is 0 Å². The zero-order valence-electron chi connectivity index (χ0n) is 10.2. The number of aromatic nitrogens is 1. The predicted octanol–water partition coefficient (Wildman–Crippen LogP) is 3.56.